The third-order valence-electron chi connectivity index (χ3n) is 4.88. The summed E-state index contributed by atoms with van der Waals surface area (Å²) < 4.78 is 5.33. The molecular weight excluding hydrogens is 390 g/mol. The lowest BCUT2D eigenvalue weighted by molar-refractivity contribution is -0.136. The predicted molar refractivity (Wildman–Crippen MR) is 110 cm³/mol. The number of hydrogen-bond donors (Lipinski definition) is 0. The van der Waals surface area contributed by atoms with Crippen LogP contribution in [0.1, 0.15) is 11.1 Å². The molecule has 1 fully saturated rings. The topological polar surface area (TPSA) is 62.7 Å². The fourth-order valence-electron chi connectivity index (χ4n) is 3.31. The molecule has 0 atom stereocenters. The zero-order chi connectivity index (χ0) is 20.2. The molecule has 4 rings (SSSR count). The Morgan fingerprint density at radius 3 is 2.66 bits per heavy atom. The Morgan fingerprint density at radius 2 is 1.86 bits per heavy atom. The molecule has 148 valence electrons. The van der Waals surface area contributed by atoms with Crippen molar-refractivity contribution in [2.24, 2.45) is 0 Å². The summed E-state index contributed by atoms with van der Waals surface area (Å²) in [4.78, 5) is 32.3. The number of carbonyl (C=O) groups is 2. The van der Waals surface area contributed by atoms with Crippen molar-refractivity contribution in [1.29, 1.82) is 0 Å². The van der Waals surface area contributed by atoms with Gasteiger partial charge in [-0.15, -0.1) is 0 Å². The van der Waals surface area contributed by atoms with Crippen LogP contribution in [0.2, 0.25) is 5.15 Å². The average molecular weight is 410 g/mol. The minimum atomic E-state index is -0.462. The third-order valence-corrected chi connectivity index (χ3v) is 5.09. The fraction of sp³-hybridized carbons (Fsp3) is 0.227. The number of ether oxygens (including phenoxy) is 1. The summed E-state index contributed by atoms with van der Waals surface area (Å²) in [6, 6.07) is 19.0. The summed E-state index contributed by atoms with van der Waals surface area (Å²) in [5.41, 5.74) is 2.74. The Bertz CT molecular complexity index is 1040. The van der Waals surface area contributed by atoms with E-state index in [1.807, 2.05) is 54.6 Å². The number of rotatable bonds is 4. The lowest BCUT2D eigenvalue weighted by Gasteiger charge is -2.33. The highest BCUT2D eigenvalue weighted by molar-refractivity contribution is 6.29. The zero-order valence-corrected chi connectivity index (χ0v) is 16.5. The van der Waals surface area contributed by atoms with Crippen molar-refractivity contribution in [3.05, 3.63) is 76.9 Å². The first-order chi connectivity index (χ1) is 14.1. The van der Waals surface area contributed by atoms with Gasteiger partial charge in [-0.25, -0.2) is 9.78 Å². The molecule has 0 bridgehead atoms. The normalized spacial score (nSPS) is 14.3. The number of aromatic nitrogens is 1. The second kappa shape index (κ2) is 8.49. The Kier molecular flexibility index (Phi) is 5.62. The fourth-order valence-corrected chi connectivity index (χ4v) is 3.47. The van der Waals surface area contributed by atoms with Gasteiger partial charge in [0.25, 0.3) is 0 Å². The molecule has 0 unspecified atom stereocenters. The molecule has 0 aliphatic carbocycles. The van der Waals surface area contributed by atoms with Crippen LogP contribution in [0.5, 0.6) is 0 Å². The predicted octanol–water partition coefficient (Wildman–Crippen LogP) is 3.87. The van der Waals surface area contributed by atoms with Crippen LogP contribution in [-0.2, 0) is 22.7 Å². The molecule has 0 spiro atoms. The van der Waals surface area contributed by atoms with E-state index in [2.05, 4.69) is 4.98 Å². The molecule has 0 saturated carbocycles. The van der Waals surface area contributed by atoms with E-state index in [1.165, 1.54) is 4.90 Å². The molecule has 6 nitrogen and oxygen atoms in total. The van der Waals surface area contributed by atoms with Crippen LogP contribution in [0.25, 0.3) is 10.9 Å². The van der Waals surface area contributed by atoms with Crippen LogP contribution in [0.4, 0.5) is 4.79 Å². The molecule has 2 heterocycles. The SMILES string of the molecule is O=C1CN(C(=O)OCc2ccccc2)CCN1Cc1ccc2nc(Cl)ccc2c1. The van der Waals surface area contributed by atoms with Gasteiger partial charge in [0.15, 0.2) is 0 Å². The van der Waals surface area contributed by atoms with Crippen molar-refractivity contribution in [1.82, 2.24) is 14.8 Å². The molecule has 1 aliphatic rings. The van der Waals surface area contributed by atoms with Gasteiger partial charge < -0.3 is 9.64 Å². The Balaban J connectivity index is 1.33. The van der Waals surface area contributed by atoms with Crippen molar-refractivity contribution >= 4 is 34.5 Å². The molecule has 0 radical (unpaired) electrons. The van der Waals surface area contributed by atoms with Gasteiger partial charge in [0.1, 0.15) is 18.3 Å². The maximum Gasteiger partial charge on any atom is 0.410 e. The number of benzene rings is 2. The lowest BCUT2D eigenvalue weighted by Crippen LogP contribution is -2.51. The van der Waals surface area contributed by atoms with E-state index >= 15 is 0 Å². The molecule has 29 heavy (non-hydrogen) atoms. The summed E-state index contributed by atoms with van der Waals surface area (Å²) in [6.07, 6.45) is -0.462. The second-order valence-corrected chi connectivity index (χ2v) is 7.33. The number of fused-ring (bicyclic) bond motifs is 1. The standard InChI is InChI=1S/C22H20ClN3O3/c23-20-9-7-18-12-17(6-8-19(18)24-20)13-25-10-11-26(14-21(25)27)22(28)29-15-16-4-2-1-3-5-16/h1-9,12H,10-11,13-15H2. The van der Waals surface area contributed by atoms with E-state index in [0.717, 1.165) is 22.0 Å². The van der Waals surface area contributed by atoms with E-state index in [0.29, 0.717) is 24.8 Å². The summed E-state index contributed by atoms with van der Waals surface area (Å²) in [5.74, 6) is -0.0951. The Morgan fingerprint density at radius 1 is 1.03 bits per heavy atom. The largest absolute Gasteiger partial charge is 0.445 e. The number of pyridine rings is 1. The quantitative estimate of drug-likeness (QED) is 0.614. The van der Waals surface area contributed by atoms with Gasteiger partial charge in [0, 0.05) is 25.0 Å². The summed E-state index contributed by atoms with van der Waals surface area (Å²) >= 11 is 5.92. The van der Waals surface area contributed by atoms with Gasteiger partial charge in [-0.05, 0) is 35.4 Å². The van der Waals surface area contributed by atoms with Crippen molar-refractivity contribution in [2.45, 2.75) is 13.2 Å². The van der Waals surface area contributed by atoms with E-state index in [-0.39, 0.29) is 19.1 Å². The van der Waals surface area contributed by atoms with Gasteiger partial charge in [-0.3, -0.25) is 9.69 Å². The number of hydrogen-bond acceptors (Lipinski definition) is 4. The first kappa shape index (κ1) is 19.2. The number of halogens is 1. The lowest BCUT2D eigenvalue weighted by atomic mass is 10.1. The summed E-state index contributed by atoms with van der Waals surface area (Å²) in [7, 11) is 0. The number of nitrogens with zero attached hydrogens (tertiary/aromatic N) is 3. The van der Waals surface area contributed by atoms with Crippen LogP contribution in [0.3, 0.4) is 0 Å². The minimum Gasteiger partial charge on any atom is -0.445 e. The molecule has 3 aromatic rings. The molecular formula is C22H20ClN3O3. The first-order valence-electron chi connectivity index (χ1n) is 9.37. The number of amides is 2. The maximum absolute atomic E-state index is 12.5. The van der Waals surface area contributed by atoms with Crippen molar-refractivity contribution in [3.63, 3.8) is 0 Å². The molecule has 2 amide bonds. The van der Waals surface area contributed by atoms with Gasteiger partial charge in [-0.2, -0.15) is 0 Å². The third kappa shape index (κ3) is 4.66. The maximum atomic E-state index is 12.5. The smallest absolute Gasteiger partial charge is 0.410 e. The van der Waals surface area contributed by atoms with Crippen molar-refractivity contribution in [2.75, 3.05) is 19.6 Å². The number of carbonyl (C=O) groups excluding carboxylic acids is 2. The monoisotopic (exact) mass is 409 g/mol. The second-order valence-electron chi connectivity index (χ2n) is 6.94. The molecule has 1 aromatic heterocycles. The van der Waals surface area contributed by atoms with Crippen LogP contribution >= 0.6 is 11.6 Å². The molecule has 2 aromatic carbocycles. The first-order valence-corrected chi connectivity index (χ1v) is 9.75. The van der Waals surface area contributed by atoms with Crippen LogP contribution < -0.4 is 0 Å². The van der Waals surface area contributed by atoms with Crippen molar-refractivity contribution < 1.29 is 14.3 Å². The number of piperazine rings is 1. The van der Waals surface area contributed by atoms with Crippen LogP contribution in [-0.4, -0.2) is 46.4 Å². The molecule has 1 aliphatic heterocycles. The molecule has 7 heteroatoms. The highest BCUT2D eigenvalue weighted by Crippen LogP contribution is 2.19. The zero-order valence-electron chi connectivity index (χ0n) is 15.8. The molecule has 0 N–H and O–H groups in total. The van der Waals surface area contributed by atoms with Crippen molar-refractivity contribution in [3.8, 4) is 0 Å². The highest BCUT2D eigenvalue weighted by Gasteiger charge is 2.28. The summed E-state index contributed by atoms with van der Waals surface area (Å²) in [5, 5.41) is 1.43. The molecule has 1 saturated heterocycles. The van der Waals surface area contributed by atoms with E-state index < -0.39 is 6.09 Å². The minimum absolute atomic E-state index is 0.0262. The van der Waals surface area contributed by atoms with E-state index in [1.54, 1.807) is 11.0 Å². The van der Waals surface area contributed by atoms with Gasteiger partial charge >= 0.3 is 6.09 Å². The van der Waals surface area contributed by atoms with Gasteiger partial charge in [-0.1, -0.05) is 48.0 Å². The Hall–Kier alpha value is -3.12. The van der Waals surface area contributed by atoms with Crippen LogP contribution in [0, 0.1) is 0 Å². The van der Waals surface area contributed by atoms with Crippen LogP contribution in [0.15, 0.2) is 60.7 Å². The van der Waals surface area contributed by atoms with Gasteiger partial charge in [0.2, 0.25) is 5.91 Å². The van der Waals surface area contributed by atoms with E-state index in [4.69, 9.17) is 16.3 Å². The Labute approximate surface area is 173 Å². The van der Waals surface area contributed by atoms with Gasteiger partial charge in [0.05, 0.1) is 5.52 Å². The highest BCUT2D eigenvalue weighted by atomic mass is 35.5. The summed E-state index contributed by atoms with van der Waals surface area (Å²) in [6.45, 7) is 1.63. The van der Waals surface area contributed by atoms with E-state index in [9.17, 15) is 9.59 Å². The average Bonchev–Trinajstić information content (AvgIpc) is 2.74.